The predicted octanol–water partition coefficient (Wildman–Crippen LogP) is 2.64. The van der Waals surface area contributed by atoms with Crippen LogP contribution in [0.3, 0.4) is 0 Å². The second-order valence-corrected chi connectivity index (χ2v) is 9.22. The van der Waals surface area contributed by atoms with E-state index in [-0.39, 0.29) is 6.42 Å². The van der Waals surface area contributed by atoms with Gasteiger partial charge in [0.05, 0.1) is 13.2 Å². The zero-order valence-electron chi connectivity index (χ0n) is 18.7. The summed E-state index contributed by atoms with van der Waals surface area (Å²) in [6.07, 6.45) is 0.219. The highest BCUT2D eigenvalue weighted by Crippen LogP contribution is 2.47. The summed E-state index contributed by atoms with van der Waals surface area (Å²) in [4.78, 5) is 46.4. The maximum absolute atomic E-state index is 13.7. The number of hydrogen-bond donors (Lipinski definition) is 0. The molecule has 0 radical (unpaired) electrons. The molecular weight excluding hydrogens is 444 g/mol. The number of urea groups is 1. The number of carbonyl (C=O) groups is 3. The second kappa shape index (κ2) is 7.66. The van der Waals surface area contributed by atoms with Crippen molar-refractivity contribution in [2.45, 2.75) is 12.5 Å². The maximum Gasteiger partial charge on any atom is 0.332 e. The third kappa shape index (κ3) is 3.08. The molecule has 0 bridgehead atoms. The molecule has 3 heterocycles. The van der Waals surface area contributed by atoms with Crippen LogP contribution in [0.2, 0.25) is 5.02 Å². The van der Waals surface area contributed by atoms with Gasteiger partial charge in [-0.15, -0.1) is 0 Å². The molecule has 0 saturated carbocycles. The van der Waals surface area contributed by atoms with Crippen LogP contribution >= 0.6 is 11.6 Å². The average molecular weight is 469 g/mol. The number of imide groups is 2. The molecule has 0 unspecified atom stereocenters. The third-order valence-electron chi connectivity index (χ3n) is 7.16. The van der Waals surface area contributed by atoms with Gasteiger partial charge in [0.2, 0.25) is 11.8 Å². The summed E-state index contributed by atoms with van der Waals surface area (Å²) >= 11 is 6.32. The van der Waals surface area contributed by atoms with Gasteiger partial charge in [-0.25, -0.2) is 4.79 Å². The van der Waals surface area contributed by atoms with Crippen LogP contribution in [0.5, 0.6) is 5.75 Å². The summed E-state index contributed by atoms with van der Waals surface area (Å²) in [5, 5.41) is 0.603. The minimum atomic E-state index is -1.40. The monoisotopic (exact) mass is 468 g/mol. The summed E-state index contributed by atoms with van der Waals surface area (Å²) in [7, 11) is 4.51. The summed E-state index contributed by atoms with van der Waals surface area (Å²) < 4.78 is 5.27. The number of benzene rings is 2. The van der Waals surface area contributed by atoms with Crippen LogP contribution < -0.4 is 14.5 Å². The molecule has 33 heavy (non-hydrogen) atoms. The summed E-state index contributed by atoms with van der Waals surface area (Å²) in [5.74, 6) is -0.153. The predicted molar refractivity (Wildman–Crippen MR) is 125 cm³/mol. The van der Waals surface area contributed by atoms with Gasteiger partial charge < -0.3 is 14.5 Å². The van der Waals surface area contributed by atoms with Crippen molar-refractivity contribution < 1.29 is 19.1 Å². The molecule has 2 aromatic carbocycles. The molecular formula is C24H25ClN4O4. The Morgan fingerprint density at radius 1 is 0.970 bits per heavy atom. The van der Waals surface area contributed by atoms with E-state index in [2.05, 4.69) is 9.80 Å². The molecule has 0 aliphatic carbocycles. The van der Waals surface area contributed by atoms with Gasteiger partial charge in [0.15, 0.2) is 5.41 Å². The van der Waals surface area contributed by atoms with Crippen LogP contribution in [0.15, 0.2) is 42.5 Å². The van der Waals surface area contributed by atoms with Crippen LogP contribution in [-0.2, 0) is 16.0 Å². The smallest absolute Gasteiger partial charge is 0.332 e. The topological polar surface area (TPSA) is 73.4 Å². The zero-order valence-corrected chi connectivity index (χ0v) is 19.5. The minimum Gasteiger partial charge on any atom is -0.497 e. The average Bonchev–Trinajstić information content (AvgIpc) is 2.85. The van der Waals surface area contributed by atoms with Crippen molar-refractivity contribution >= 4 is 40.8 Å². The Balaban J connectivity index is 1.62. The van der Waals surface area contributed by atoms with Crippen molar-refractivity contribution in [2.75, 3.05) is 50.6 Å². The first-order chi connectivity index (χ1) is 15.8. The van der Waals surface area contributed by atoms with E-state index in [4.69, 9.17) is 16.3 Å². The summed E-state index contributed by atoms with van der Waals surface area (Å²) in [5.41, 5.74) is 1.40. The van der Waals surface area contributed by atoms with Gasteiger partial charge in [0.1, 0.15) is 5.75 Å². The van der Waals surface area contributed by atoms with Gasteiger partial charge in [-0.2, -0.15) is 0 Å². The molecule has 0 aromatic heterocycles. The minimum absolute atomic E-state index is 0.219. The van der Waals surface area contributed by atoms with Crippen LogP contribution in [-0.4, -0.2) is 74.5 Å². The van der Waals surface area contributed by atoms with Gasteiger partial charge in [-0.3, -0.25) is 19.4 Å². The van der Waals surface area contributed by atoms with E-state index < -0.39 is 29.3 Å². The molecule has 4 amide bonds. The molecule has 3 aliphatic rings. The highest BCUT2D eigenvalue weighted by molar-refractivity contribution is 6.31. The number of amides is 4. The largest absolute Gasteiger partial charge is 0.497 e. The van der Waals surface area contributed by atoms with Gasteiger partial charge >= 0.3 is 6.03 Å². The number of rotatable bonds is 2. The number of barbiturate groups is 1. The Bertz CT molecular complexity index is 1130. The first-order valence-corrected chi connectivity index (χ1v) is 11.2. The van der Waals surface area contributed by atoms with E-state index >= 15 is 0 Å². The number of piperazine rings is 1. The molecule has 3 aliphatic heterocycles. The Kier molecular flexibility index (Phi) is 5.01. The van der Waals surface area contributed by atoms with E-state index in [1.165, 1.54) is 14.1 Å². The number of anilines is 2. The fourth-order valence-electron chi connectivity index (χ4n) is 5.42. The van der Waals surface area contributed by atoms with E-state index in [9.17, 15) is 14.4 Å². The maximum atomic E-state index is 13.7. The Hall–Kier alpha value is -3.26. The van der Waals surface area contributed by atoms with Gasteiger partial charge in [0.25, 0.3) is 0 Å². The molecule has 5 rings (SSSR count). The quantitative estimate of drug-likeness (QED) is 0.631. The Labute approximate surface area is 197 Å². The number of nitrogens with zero attached hydrogens (tertiary/aromatic N) is 4. The van der Waals surface area contributed by atoms with Gasteiger partial charge in [0, 0.05) is 50.1 Å². The molecule has 2 aromatic rings. The highest BCUT2D eigenvalue weighted by atomic mass is 35.5. The van der Waals surface area contributed by atoms with Crippen LogP contribution in [0, 0.1) is 5.41 Å². The van der Waals surface area contributed by atoms with E-state index in [1.54, 1.807) is 13.2 Å². The second-order valence-electron chi connectivity index (χ2n) is 8.79. The van der Waals surface area contributed by atoms with Crippen molar-refractivity contribution in [3.63, 3.8) is 0 Å². The van der Waals surface area contributed by atoms with Crippen molar-refractivity contribution in [1.29, 1.82) is 0 Å². The Morgan fingerprint density at radius 2 is 1.64 bits per heavy atom. The van der Waals surface area contributed by atoms with Crippen molar-refractivity contribution in [3.8, 4) is 5.75 Å². The number of methoxy groups -OCH3 is 1. The van der Waals surface area contributed by atoms with Crippen LogP contribution in [0.1, 0.15) is 5.56 Å². The van der Waals surface area contributed by atoms with Gasteiger partial charge in [-0.05, 0) is 48.4 Å². The summed E-state index contributed by atoms with van der Waals surface area (Å²) in [6, 6.07) is 12.2. The fourth-order valence-corrected chi connectivity index (χ4v) is 5.58. The molecule has 2 fully saturated rings. The third-order valence-corrected chi connectivity index (χ3v) is 7.39. The van der Waals surface area contributed by atoms with Crippen molar-refractivity contribution in [1.82, 2.24) is 9.80 Å². The lowest BCUT2D eigenvalue weighted by Crippen LogP contribution is -2.74. The molecule has 172 valence electrons. The van der Waals surface area contributed by atoms with Crippen molar-refractivity contribution in [3.05, 3.63) is 53.1 Å². The number of fused-ring (bicyclic) bond motifs is 4. The Morgan fingerprint density at radius 3 is 2.27 bits per heavy atom. The number of halogens is 1. The van der Waals surface area contributed by atoms with Gasteiger partial charge in [-0.1, -0.05) is 17.7 Å². The molecule has 2 saturated heterocycles. The lowest BCUT2D eigenvalue weighted by Gasteiger charge is -2.56. The molecule has 8 nitrogen and oxygen atoms in total. The molecule has 1 atom stereocenters. The standard InChI is InChI=1S/C24H25ClN4O4/c1-26-21(30)24(22(31)27(2)23(26)32)13-15-4-5-16(25)12-19(15)29-11-10-28(14-20(24)29)17-6-8-18(33-3)9-7-17/h4-9,12,20H,10-11,13-14H2,1-3H3/t20-/m1/s1. The number of carbonyl (C=O) groups excluding carboxylic acids is 3. The number of ether oxygens (including phenoxy) is 1. The molecule has 9 heteroatoms. The van der Waals surface area contributed by atoms with Crippen molar-refractivity contribution in [2.24, 2.45) is 5.41 Å². The highest BCUT2D eigenvalue weighted by Gasteiger charge is 2.63. The number of hydrogen-bond acceptors (Lipinski definition) is 6. The fraction of sp³-hybridized carbons (Fsp3) is 0.375. The SMILES string of the molecule is COc1ccc(N2CCN3c4cc(Cl)ccc4CC4(C(=O)N(C)C(=O)N(C)C4=O)[C@H]3C2)cc1. The normalized spacial score (nSPS) is 21.9. The van der Waals surface area contributed by atoms with Crippen LogP contribution in [0.4, 0.5) is 16.2 Å². The van der Waals surface area contributed by atoms with E-state index in [0.29, 0.717) is 24.7 Å². The molecule has 0 N–H and O–H groups in total. The first kappa shape index (κ1) is 21.6. The van der Waals surface area contributed by atoms with E-state index in [1.807, 2.05) is 36.4 Å². The lowest BCUT2D eigenvalue weighted by atomic mass is 9.67. The van der Waals surface area contributed by atoms with E-state index in [0.717, 1.165) is 32.5 Å². The lowest BCUT2D eigenvalue weighted by molar-refractivity contribution is -0.159. The van der Waals surface area contributed by atoms with Crippen LogP contribution in [0.25, 0.3) is 0 Å². The zero-order chi connectivity index (χ0) is 23.5. The molecule has 1 spiro atoms. The summed E-state index contributed by atoms with van der Waals surface area (Å²) in [6.45, 7) is 1.76. The first-order valence-electron chi connectivity index (χ1n) is 10.8.